The molecule has 1 N–H and O–H groups in total. The molecule has 9 heteroatoms. The van der Waals surface area contributed by atoms with E-state index in [9.17, 15) is 14.7 Å². The van der Waals surface area contributed by atoms with Gasteiger partial charge in [-0.15, -0.1) is 6.58 Å². The van der Waals surface area contributed by atoms with E-state index in [4.69, 9.17) is 18.3 Å². The van der Waals surface area contributed by atoms with Crippen LogP contribution in [-0.2, 0) is 27.9 Å². The molecule has 0 spiro atoms. The lowest BCUT2D eigenvalue weighted by atomic mass is 9.86. The van der Waals surface area contributed by atoms with Gasteiger partial charge in [0.1, 0.15) is 11.7 Å². The van der Waals surface area contributed by atoms with Crippen molar-refractivity contribution in [3.63, 3.8) is 0 Å². The second-order valence-electron chi connectivity index (χ2n) is 13.7. The van der Waals surface area contributed by atoms with E-state index in [0.717, 1.165) is 18.1 Å². The zero-order chi connectivity index (χ0) is 33.2. The summed E-state index contributed by atoms with van der Waals surface area (Å²) in [6.45, 7) is 32.1. The monoisotopic (exact) mass is 628 g/mol. The summed E-state index contributed by atoms with van der Waals surface area (Å²) in [6, 6.07) is 2.84. The summed E-state index contributed by atoms with van der Waals surface area (Å²) in [6.07, 6.45) is 2.64. The van der Waals surface area contributed by atoms with E-state index >= 15 is 0 Å². The van der Waals surface area contributed by atoms with Crippen LogP contribution in [0.3, 0.4) is 0 Å². The van der Waals surface area contributed by atoms with Gasteiger partial charge < -0.3 is 23.4 Å². The van der Waals surface area contributed by atoms with Crippen molar-refractivity contribution in [3.8, 4) is 0 Å². The quantitative estimate of drug-likeness (QED) is 0.0596. The van der Waals surface area contributed by atoms with E-state index in [1.54, 1.807) is 14.0 Å². The molecule has 0 aliphatic heterocycles. The number of carbonyl (C=O) groups excluding carboxylic acids is 2. The fraction of sp³-hybridized carbons (Fsp3) is 0.818. The van der Waals surface area contributed by atoms with Crippen molar-refractivity contribution in [2.75, 3.05) is 7.11 Å². The van der Waals surface area contributed by atoms with Crippen molar-refractivity contribution < 1.29 is 33.0 Å². The molecule has 6 atom stereocenters. The Morgan fingerprint density at radius 2 is 1.45 bits per heavy atom. The van der Waals surface area contributed by atoms with E-state index < -0.39 is 58.0 Å². The van der Waals surface area contributed by atoms with Gasteiger partial charge >= 0.3 is 5.97 Å². The van der Waals surface area contributed by atoms with Crippen molar-refractivity contribution in [3.05, 3.63) is 25.3 Å². The van der Waals surface area contributed by atoms with Crippen LogP contribution in [0.1, 0.15) is 94.9 Å². The molecule has 0 aromatic rings. The minimum atomic E-state index is -2.36. The molecule has 0 bridgehead atoms. The Morgan fingerprint density at radius 3 is 1.83 bits per heavy atom. The molecule has 0 saturated heterocycles. The van der Waals surface area contributed by atoms with Crippen LogP contribution in [0.15, 0.2) is 25.3 Å². The minimum absolute atomic E-state index is 0.0482. The Labute approximate surface area is 260 Å². The largest absolute Gasteiger partial charge is 0.459 e. The highest BCUT2D eigenvalue weighted by Crippen LogP contribution is 2.41. The molecule has 7 nitrogen and oxygen atoms in total. The Kier molecular flexibility index (Phi) is 16.4. The van der Waals surface area contributed by atoms with Crippen molar-refractivity contribution in [2.24, 2.45) is 5.92 Å². The number of ketones is 1. The predicted molar refractivity (Wildman–Crippen MR) is 179 cm³/mol. The Bertz CT molecular complexity index is 868. The molecular weight excluding hydrogens is 565 g/mol. The molecule has 0 aliphatic rings. The van der Waals surface area contributed by atoms with Gasteiger partial charge in [0, 0.05) is 20.0 Å². The van der Waals surface area contributed by atoms with Gasteiger partial charge in [-0.2, -0.15) is 0 Å². The Balaban J connectivity index is 6.86. The summed E-state index contributed by atoms with van der Waals surface area (Å²) in [4.78, 5) is 26.0. The Morgan fingerprint density at radius 1 is 0.929 bits per heavy atom. The first kappa shape index (κ1) is 40.9. The normalized spacial score (nSPS) is 18.6. The van der Waals surface area contributed by atoms with Crippen molar-refractivity contribution in [1.29, 1.82) is 0 Å². The summed E-state index contributed by atoms with van der Waals surface area (Å²) in [5.41, 5.74) is -2.15. The van der Waals surface area contributed by atoms with Crippen LogP contribution in [0.25, 0.3) is 0 Å². The van der Waals surface area contributed by atoms with Crippen LogP contribution in [0.4, 0.5) is 0 Å². The second kappa shape index (κ2) is 16.8. The third-order valence-electron chi connectivity index (χ3n) is 9.89. The van der Waals surface area contributed by atoms with E-state index in [0.29, 0.717) is 19.3 Å². The van der Waals surface area contributed by atoms with Gasteiger partial charge in [0.25, 0.3) is 0 Å². The van der Waals surface area contributed by atoms with E-state index in [2.05, 4.69) is 67.8 Å². The molecule has 0 unspecified atom stereocenters. The van der Waals surface area contributed by atoms with Gasteiger partial charge in [-0.3, -0.25) is 9.59 Å². The first-order chi connectivity index (χ1) is 19.2. The molecule has 0 rings (SSSR count). The van der Waals surface area contributed by atoms with Gasteiger partial charge in [0.05, 0.1) is 23.7 Å². The van der Waals surface area contributed by atoms with Gasteiger partial charge in [-0.25, -0.2) is 0 Å². The number of esters is 1. The lowest BCUT2D eigenvalue weighted by Gasteiger charge is -2.46. The average Bonchev–Trinajstić information content (AvgIpc) is 2.94. The van der Waals surface area contributed by atoms with Gasteiger partial charge in [0.15, 0.2) is 22.4 Å². The molecule has 0 aliphatic carbocycles. The van der Waals surface area contributed by atoms with Crippen molar-refractivity contribution in [2.45, 2.75) is 161 Å². The number of rotatable bonds is 21. The molecule has 0 aromatic heterocycles. The van der Waals surface area contributed by atoms with Gasteiger partial charge in [-0.1, -0.05) is 61.1 Å². The molecule has 0 saturated carbocycles. The summed E-state index contributed by atoms with van der Waals surface area (Å²) < 4.78 is 26.2. The molecule has 246 valence electrons. The van der Waals surface area contributed by atoms with Crippen LogP contribution in [0.5, 0.6) is 0 Å². The summed E-state index contributed by atoms with van der Waals surface area (Å²) in [7, 11) is -2.84. The predicted octanol–water partition coefficient (Wildman–Crippen LogP) is 7.99. The molecule has 0 amide bonds. The third kappa shape index (κ3) is 11.1. The standard InChI is InChI=1S/C33H64O7Si2/c1-16-26(34)22-23-33(12,37-13)29(40-42(19-4,20-5)21-6)24-27(39-41(14,15)31(8,9)10)25(7)30(35)38-28(17-2)32(11,36)18-3/h16,18,25,27-29,36H,1,3,17,19-24H2,2,4-15H3/t25-,27+,28-,29-,32+,33-/m1/s1. The zero-order valence-electron chi connectivity index (χ0n) is 29.2. The maximum absolute atomic E-state index is 13.7. The number of hydrogen-bond donors (Lipinski definition) is 1. The molecule has 0 heterocycles. The highest BCUT2D eigenvalue weighted by Gasteiger charge is 2.47. The lowest BCUT2D eigenvalue weighted by molar-refractivity contribution is -0.169. The van der Waals surface area contributed by atoms with E-state index in [1.165, 1.54) is 12.2 Å². The summed E-state index contributed by atoms with van der Waals surface area (Å²) >= 11 is 0. The SMILES string of the molecule is C=CC(=O)CC[C@@](C)(OC)[C@@H](C[C@H](O[Si](C)(C)C(C)(C)C)[C@@H](C)C(=O)O[C@H](CC)[C@@](C)(O)C=C)O[Si](CC)(CC)CC. The van der Waals surface area contributed by atoms with E-state index in [-0.39, 0.29) is 17.2 Å². The maximum atomic E-state index is 13.7. The average molecular weight is 629 g/mol. The first-order valence-corrected chi connectivity index (χ1v) is 21.2. The smallest absolute Gasteiger partial charge is 0.311 e. The fourth-order valence-corrected chi connectivity index (χ4v) is 9.22. The third-order valence-corrected chi connectivity index (χ3v) is 19.0. The van der Waals surface area contributed by atoms with Crippen LogP contribution < -0.4 is 0 Å². The van der Waals surface area contributed by atoms with Crippen LogP contribution in [0.2, 0.25) is 36.3 Å². The molecule has 0 fully saturated rings. The highest BCUT2D eigenvalue weighted by molar-refractivity contribution is 6.74. The number of aliphatic hydroxyl groups is 1. The van der Waals surface area contributed by atoms with Crippen LogP contribution in [-0.4, -0.2) is 70.1 Å². The minimum Gasteiger partial charge on any atom is -0.459 e. The molecule has 0 aromatic carbocycles. The molecule has 0 radical (unpaired) electrons. The first-order valence-electron chi connectivity index (χ1n) is 15.8. The fourth-order valence-electron chi connectivity index (χ4n) is 4.86. The number of allylic oxidation sites excluding steroid dienone is 1. The lowest BCUT2D eigenvalue weighted by Crippen LogP contribution is -2.55. The van der Waals surface area contributed by atoms with Crippen LogP contribution >= 0.6 is 0 Å². The number of carbonyl (C=O) groups is 2. The second-order valence-corrected chi connectivity index (χ2v) is 23.2. The van der Waals surface area contributed by atoms with Crippen LogP contribution in [0, 0.1) is 5.92 Å². The molecule has 42 heavy (non-hydrogen) atoms. The van der Waals surface area contributed by atoms with E-state index in [1.807, 2.05) is 20.8 Å². The summed E-state index contributed by atoms with van der Waals surface area (Å²) in [5, 5.41) is 10.7. The highest BCUT2D eigenvalue weighted by atomic mass is 28.4. The molecular formula is C33H64O7Si2. The summed E-state index contributed by atoms with van der Waals surface area (Å²) in [5.74, 6) is -1.12. The van der Waals surface area contributed by atoms with Gasteiger partial charge in [0.2, 0.25) is 0 Å². The van der Waals surface area contributed by atoms with Gasteiger partial charge in [-0.05, 0) is 76.0 Å². The maximum Gasteiger partial charge on any atom is 0.311 e. The zero-order valence-corrected chi connectivity index (χ0v) is 31.2. The van der Waals surface area contributed by atoms with Crippen molar-refractivity contribution >= 4 is 28.4 Å². The number of methoxy groups -OCH3 is 1. The Hall–Kier alpha value is -1.11. The number of ether oxygens (including phenoxy) is 2. The van der Waals surface area contributed by atoms with Crippen molar-refractivity contribution in [1.82, 2.24) is 0 Å². The topological polar surface area (TPSA) is 91.3 Å². The number of hydrogen-bond acceptors (Lipinski definition) is 7.